The van der Waals surface area contributed by atoms with Crippen LogP contribution in [-0.4, -0.2) is 31.9 Å². The molecular weight excluding hydrogens is 312 g/mol. The van der Waals surface area contributed by atoms with Crippen LogP contribution in [0.3, 0.4) is 0 Å². The normalized spacial score (nSPS) is 18.7. The SMILES string of the molecule is Cc1cc(C(=O)N2CCCC[C@H]2c2nc(C)n3ccsc23)no1. The summed E-state index contributed by atoms with van der Waals surface area (Å²) in [6.07, 6.45) is 5.09. The number of amides is 1. The summed E-state index contributed by atoms with van der Waals surface area (Å²) in [7, 11) is 0. The minimum absolute atomic E-state index is 0.00982. The van der Waals surface area contributed by atoms with E-state index in [4.69, 9.17) is 9.51 Å². The van der Waals surface area contributed by atoms with Crippen LogP contribution in [-0.2, 0) is 0 Å². The van der Waals surface area contributed by atoms with Gasteiger partial charge in [-0.2, -0.15) is 0 Å². The molecule has 0 saturated carbocycles. The molecule has 3 aromatic heterocycles. The van der Waals surface area contributed by atoms with Gasteiger partial charge in [0.15, 0.2) is 5.69 Å². The standard InChI is InChI=1S/C16H18N4O2S/c1-10-9-12(18-22-10)15(21)20-6-4-3-5-13(20)14-16-19(7-8-23-16)11(2)17-14/h7-9,13H,3-6H2,1-2H3/t13-/m0/s1. The van der Waals surface area contributed by atoms with Gasteiger partial charge < -0.3 is 9.42 Å². The summed E-state index contributed by atoms with van der Waals surface area (Å²) in [5.74, 6) is 1.55. The van der Waals surface area contributed by atoms with E-state index in [0.717, 1.165) is 42.2 Å². The zero-order valence-electron chi connectivity index (χ0n) is 13.2. The Balaban J connectivity index is 1.73. The molecule has 4 heterocycles. The van der Waals surface area contributed by atoms with Gasteiger partial charge in [0.1, 0.15) is 16.4 Å². The van der Waals surface area contributed by atoms with Crippen molar-refractivity contribution in [1.29, 1.82) is 0 Å². The predicted octanol–water partition coefficient (Wildman–Crippen LogP) is 3.37. The Morgan fingerprint density at radius 2 is 2.26 bits per heavy atom. The lowest BCUT2D eigenvalue weighted by atomic mass is 9.99. The fraction of sp³-hybridized carbons (Fsp3) is 0.438. The average molecular weight is 330 g/mol. The van der Waals surface area contributed by atoms with E-state index in [1.807, 2.05) is 18.0 Å². The van der Waals surface area contributed by atoms with Crippen molar-refractivity contribution in [1.82, 2.24) is 19.4 Å². The number of hydrogen-bond acceptors (Lipinski definition) is 5. The van der Waals surface area contributed by atoms with E-state index in [2.05, 4.69) is 14.9 Å². The number of nitrogens with zero attached hydrogens (tertiary/aromatic N) is 4. The van der Waals surface area contributed by atoms with Crippen molar-refractivity contribution < 1.29 is 9.32 Å². The Bertz CT molecular complexity index is 863. The highest BCUT2D eigenvalue weighted by molar-refractivity contribution is 7.15. The number of rotatable bonds is 2. The van der Waals surface area contributed by atoms with Crippen LogP contribution in [0, 0.1) is 13.8 Å². The van der Waals surface area contributed by atoms with Gasteiger partial charge in [0.2, 0.25) is 0 Å². The zero-order chi connectivity index (χ0) is 16.0. The Hall–Kier alpha value is -2.15. The smallest absolute Gasteiger partial charge is 0.276 e. The van der Waals surface area contributed by atoms with E-state index >= 15 is 0 Å². The van der Waals surface area contributed by atoms with Crippen molar-refractivity contribution in [2.24, 2.45) is 0 Å². The van der Waals surface area contributed by atoms with Gasteiger partial charge in [-0.05, 0) is 33.1 Å². The van der Waals surface area contributed by atoms with Crippen molar-refractivity contribution >= 4 is 22.1 Å². The molecule has 0 unspecified atom stereocenters. The topological polar surface area (TPSA) is 63.6 Å². The zero-order valence-corrected chi connectivity index (χ0v) is 14.0. The lowest BCUT2D eigenvalue weighted by molar-refractivity contribution is 0.0598. The van der Waals surface area contributed by atoms with Gasteiger partial charge in [0.05, 0.1) is 11.7 Å². The molecule has 1 amide bonds. The predicted molar refractivity (Wildman–Crippen MR) is 86.7 cm³/mol. The number of hydrogen-bond donors (Lipinski definition) is 0. The quantitative estimate of drug-likeness (QED) is 0.723. The Morgan fingerprint density at radius 1 is 1.39 bits per heavy atom. The van der Waals surface area contributed by atoms with Crippen LogP contribution >= 0.6 is 11.3 Å². The van der Waals surface area contributed by atoms with Crippen LogP contribution in [0.2, 0.25) is 0 Å². The number of aromatic nitrogens is 3. The lowest BCUT2D eigenvalue weighted by Crippen LogP contribution is -2.38. The van der Waals surface area contributed by atoms with E-state index in [-0.39, 0.29) is 11.9 Å². The third kappa shape index (κ3) is 2.35. The molecule has 120 valence electrons. The molecule has 4 rings (SSSR count). The lowest BCUT2D eigenvalue weighted by Gasteiger charge is -2.34. The molecule has 1 atom stereocenters. The largest absolute Gasteiger partial charge is 0.361 e. The fourth-order valence-electron chi connectivity index (χ4n) is 3.29. The van der Waals surface area contributed by atoms with Crippen molar-refractivity contribution in [2.45, 2.75) is 39.2 Å². The van der Waals surface area contributed by atoms with Crippen LogP contribution in [0.1, 0.15) is 53.1 Å². The van der Waals surface area contributed by atoms with Crippen LogP contribution < -0.4 is 0 Å². The number of carbonyl (C=O) groups is 1. The average Bonchev–Trinajstić information content (AvgIpc) is 3.25. The highest BCUT2D eigenvalue weighted by Crippen LogP contribution is 2.35. The molecule has 1 saturated heterocycles. The molecule has 3 aromatic rings. The van der Waals surface area contributed by atoms with E-state index < -0.39 is 0 Å². The monoisotopic (exact) mass is 330 g/mol. The first-order valence-electron chi connectivity index (χ1n) is 7.81. The molecule has 0 N–H and O–H groups in total. The van der Waals surface area contributed by atoms with Crippen LogP contribution in [0.15, 0.2) is 22.2 Å². The molecular formula is C16H18N4O2S. The number of piperidine rings is 1. The Kier molecular flexibility index (Phi) is 3.45. The molecule has 0 aromatic carbocycles. The highest BCUT2D eigenvalue weighted by Gasteiger charge is 2.33. The van der Waals surface area contributed by atoms with E-state index in [0.29, 0.717) is 11.5 Å². The molecule has 0 aliphatic carbocycles. The first-order valence-corrected chi connectivity index (χ1v) is 8.69. The van der Waals surface area contributed by atoms with E-state index in [1.54, 1.807) is 24.3 Å². The second-order valence-corrected chi connectivity index (χ2v) is 6.85. The molecule has 0 spiro atoms. The molecule has 1 fully saturated rings. The first-order chi connectivity index (χ1) is 11.1. The van der Waals surface area contributed by atoms with Crippen LogP contribution in [0.4, 0.5) is 0 Å². The number of carbonyl (C=O) groups excluding carboxylic acids is 1. The van der Waals surface area contributed by atoms with Gasteiger partial charge in [-0.1, -0.05) is 5.16 Å². The third-order valence-corrected chi connectivity index (χ3v) is 5.27. The Labute approximate surface area is 137 Å². The van der Waals surface area contributed by atoms with E-state index in [9.17, 15) is 4.79 Å². The molecule has 23 heavy (non-hydrogen) atoms. The second-order valence-electron chi connectivity index (χ2n) is 5.96. The summed E-state index contributed by atoms with van der Waals surface area (Å²) in [4.78, 5) is 20.6. The van der Waals surface area contributed by atoms with Crippen molar-refractivity contribution in [2.75, 3.05) is 6.54 Å². The highest BCUT2D eigenvalue weighted by atomic mass is 32.1. The number of fused-ring (bicyclic) bond motifs is 1. The number of likely N-dealkylation sites (tertiary alicyclic amines) is 1. The summed E-state index contributed by atoms with van der Waals surface area (Å²) in [5.41, 5.74) is 1.39. The van der Waals surface area contributed by atoms with Gasteiger partial charge in [0, 0.05) is 24.2 Å². The maximum absolute atomic E-state index is 12.9. The maximum atomic E-state index is 12.9. The third-order valence-electron chi connectivity index (χ3n) is 4.38. The van der Waals surface area contributed by atoms with Gasteiger partial charge in [-0.25, -0.2) is 4.98 Å². The second kappa shape index (κ2) is 5.49. The van der Waals surface area contributed by atoms with Crippen molar-refractivity contribution in [3.05, 3.63) is 40.6 Å². The van der Waals surface area contributed by atoms with Crippen LogP contribution in [0.25, 0.3) is 4.83 Å². The number of imidazole rings is 1. The summed E-state index contributed by atoms with van der Waals surface area (Å²) < 4.78 is 7.16. The minimum atomic E-state index is -0.0677. The number of thiazole rings is 1. The number of aryl methyl sites for hydroxylation is 2. The molecule has 1 aliphatic heterocycles. The molecule has 6 nitrogen and oxygen atoms in total. The van der Waals surface area contributed by atoms with Gasteiger partial charge in [0.25, 0.3) is 5.91 Å². The van der Waals surface area contributed by atoms with Gasteiger partial charge in [-0.3, -0.25) is 9.20 Å². The van der Waals surface area contributed by atoms with Gasteiger partial charge >= 0.3 is 0 Å². The van der Waals surface area contributed by atoms with Crippen molar-refractivity contribution in [3.8, 4) is 0 Å². The maximum Gasteiger partial charge on any atom is 0.276 e. The molecule has 0 bridgehead atoms. The summed E-state index contributed by atoms with van der Waals surface area (Å²) >= 11 is 1.67. The molecule has 7 heteroatoms. The first kappa shape index (κ1) is 14.4. The summed E-state index contributed by atoms with van der Waals surface area (Å²) in [6, 6.07) is 1.71. The minimum Gasteiger partial charge on any atom is -0.361 e. The van der Waals surface area contributed by atoms with E-state index in [1.165, 1.54) is 0 Å². The van der Waals surface area contributed by atoms with Crippen LogP contribution in [0.5, 0.6) is 0 Å². The summed E-state index contributed by atoms with van der Waals surface area (Å²) in [5, 5.41) is 5.95. The Morgan fingerprint density at radius 3 is 3.04 bits per heavy atom. The fourth-order valence-corrected chi connectivity index (χ4v) is 4.21. The molecule has 1 aliphatic rings. The van der Waals surface area contributed by atoms with Crippen molar-refractivity contribution in [3.63, 3.8) is 0 Å². The van der Waals surface area contributed by atoms with Gasteiger partial charge in [-0.15, -0.1) is 11.3 Å². The molecule has 0 radical (unpaired) electrons. The summed E-state index contributed by atoms with van der Waals surface area (Å²) in [6.45, 7) is 4.53.